The van der Waals surface area contributed by atoms with Gasteiger partial charge in [-0.05, 0) is 125 Å². The van der Waals surface area contributed by atoms with Gasteiger partial charge in [-0.15, -0.1) is 0 Å². The Balaban J connectivity index is 0.000000204. The van der Waals surface area contributed by atoms with Gasteiger partial charge in [-0.25, -0.2) is 36.4 Å². The van der Waals surface area contributed by atoms with Crippen LogP contribution in [-0.2, 0) is 34.4 Å². The lowest BCUT2D eigenvalue weighted by Gasteiger charge is -2.35. The second-order valence-electron chi connectivity index (χ2n) is 20.7. The Hall–Kier alpha value is -7.67. The van der Waals surface area contributed by atoms with E-state index < -0.39 is 31.6 Å². The molecule has 2 aliphatic rings. The van der Waals surface area contributed by atoms with Crippen LogP contribution in [0.5, 0.6) is 0 Å². The molecule has 6 aromatic rings. The first-order chi connectivity index (χ1) is 36.3. The molecule has 2 atom stereocenters. The van der Waals surface area contributed by atoms with E-state index in [0.717, 1.165) is 84.0 Å². The van der Waals surface area contributed by atoms with Crippen LogP contribution < -0.4 is 20.1 Å². The van der Waals surface area contributed by atoms with Crippen molar-refractivity contribution in [1.82, 2.24) is 39.0 Å². The lowest BCUT2D eigenvalue weighted by molar-refractivity contribution is -0.115. The Kier molecular flexibility index (Phi) is 18.3. The first-order valence-electron chi connectivity index (χ1n) is 25.3. The van der Waals surface area contributed by atoms with Crippen molar-refractivity contribution in [2.45, 2.75) is 132 Å². The van der Waals surface area contributed by atoms with Crippen molar-refractivity contribution in [3.8, 4) is 0 Å². The number of nitrogens with one attached hydrogen (secondary N) is 4. The molecule has 5 N–H and O–H groups in total. The Morgan fingerprint density at radius 2 is 1.03 bits per heavy atom. The van der Waals surface area contributed by atoms with E-state index in [9.17, 15) is 40.8 Å². The van der Waals surface area contributed by atoms with Gasteiger partial charge < -0.3 is 25.4 Å². The van der Waals surface area contributed by atoms with Gasteiger partial charge in [0.05, 0.1) is 58.5 Å². The Bertz CT molecular complexity index is 3530. The fraction of sp³-hybridized carbons (Fsp3) is 0.453. The van der Waals surface area contributed by atoms with Crippen LogP contribution in [-0.4, -0.2) is 122 Å². The quantitative estimate of drug-likeness (QED) is 0.0864. The number of amides is 4. The number of anilines is 4. The van der Waals surface area contributed by atoms with Gasteiger partial charge in [0, 0.05) is 61.6 Å². The molecule has 4 amide bonds. The largest absolute Gasteiger partial charge is 0.478 e. The molecule has 2 saturated heterocycles. The molecule has 8 rings (SSSR count). The van der Waals surface area contributed by atoms with E-state index in [0.29, 0.717) is 53.7 Å². The van der Waals surface area contributed by atoms with Gasteiger partial charge in [0.25, 0.3) is 5.91 Å². The number of carbonyl (C=O) groups is 5. The number of fused-ring (bicyclic) bond motifs is 2. The van der Waals surface area contributed by atoms with E-state index >= 15 is 0 Å². The van der Waals surface area contributed by atoms with Crippen LogP contribution in [0.1, 0.15) is 151 Å². The standard InChI is InChI=1S/C24H30N6O4S.C20H29N5O3.C9H11NO4S/c1-14-9-10-19(28-35(5,33)34)18(12-14)24(32)29-11-7-6-8-21(29)20-13-22-25-16(3)15(2)23(26-17(4)31)30(22)27-20;1-12-13(2)21-17-11-15(23-25(17)18(12)22-14(3)26)16-9-7-8-10-24(16)19(27)28-20(4,5)6;1-6-3-4-8(10-15(2,13)14)7(5-6)9(11)12/h9-10,12-13,21,28H,6-8,11H2,1-5H3,(H,26,31);11,16H,7-10H2,1-6H3,(H,22,26);3-5,10H,1-2H3,(H,11,12)/t21-;16-;/m00./s1. The molecule has 0 aliphatic carbocycles. The summed E-state index contributed by atoms with van der Waals surface area (Å²) in [6, 6.07) is 12.8. The van der Waals surface area contributed by atoms with Crippen molar-refractivity contribution in [3.63, 3.8) is 0 Å². The van der Waals surface area contributed by atoms with Crippen LogP contribution in [0.15, 0.2) is 48.5 Å². The van der Waals surface area contributed by atoms with Crippen molar-refractivity contribution < 1.29 is 50.7 Å². The number of aromatic carboxylic acids is 1. The Morgan fingerprint density at radius 3 is 1.44 bits per heavy atom. The summed E-state index contributed by atoms with van der Waals surface area (Å²) >= 11 is 0. The number of carbonyl (C=O) groups excluding carboxylic acids is 4. The number of aryl methyl sites for hydroxylation is 4. The van der Waals surface area contributed by atoms with Crippen LogP contribution in [0.25, 0.3) is 11.3 Å². The topological polar surface area (TPSA) is 298 Å². The maximum Gasteiger partial charge on any atom is 0.410 e. The summed E-state index contributed by atoms with van der Waals surface area (Å²) in [6.45, 7) is 20.8. The van der Waals surface area contributed by atoms with E-state index in [1.807, 2.05) is 67.5 Å². The van der Waals surface area contributed by atoms with Crippen LogP contribution in [0.3, 0.4) is 0 Å². The Labute approximate surface area is 454 Å². The molecular formula is C53H70N12O11S2. The van der Waals surface area contributed by atoms with Gasteiger partial charge in [0.15, 0.2) is 11.3 Å². The number of benzene rings is 2. The summed E-state index contributed by atoms with van der Waals surface area (Å²) in [6.07, 6.45) is 6.96. The minimum Gasteiger partial charge on any atom is -0.478 e. The maximum atomic E-state index is 13.8. The molecule has 2 aromatic carbocycles. The summed E-state index contributed by atoms with van der Waals surface area (Å²) < 4.78 is 59.2. The van der Waals surface area contributed by atoms with E-state index in [2.05, 4.69) is 30.0 Å². The number of hydrogen-bond acceptors (Lipinski definition) is 14. The molecule has 2 fully saturated rings. The second kappa shape index (κ2) is 23.9. The number of nitrogens with zero attached hydrogens (tertiary/aromatic N) is 8. The van der Waals surface area contributed by atoms with Gasteiger partial charge in [-0.3, -0.25) is 28.7 Å². The SMILES string of the molecule is CC(=O)Nc1c(C)c(C)nc2cc([C@@H]3CCCCN3C(=O)OC(C)(C)C)nn12.CC(=O)Nc1c(C)c(C)nc2cc([C@@H]3CCCCN3C(=O)c3cc(C)ccc3NS(C)(=O)=O)nn12.Cc1ccc(NS(C)(=O)=O)c(C(=O)O)c1. The predicted octanol–water partition coefficient (Wildman–Crippen LogP) is 8.18. The zero-order valence-electron chi connectivity index (χ0n) is 46.4. The average Bonchev–Trinajstić information content (AvgIpc) is 4.04. The number of sulfonamides is 2. The number of carboxylic acid groups (broad SMARTS) is 1. The van der Waals surface area contributed by atoms with Gasteiger partial charge in [0.1, 0.15) is 17.2 Å². The number of carboxylic acids is 1. The lowest BCUT2D eigenvalue weighted by atomic mass is 9.97. The van der Waals surface area contributed by atoms with Gasteiger partial charge >= 0.3 is 12.1 Å². The summed E-state index contributed by atoms with van der Waals surface area (Å²) in [5, 5.41) is 24.0. The molecule has 0 spiro atoms. The third-order valence-corrected chi connectivity index (χ3v) is 14.0. The number of likely N-dealkylation sites (tertiary alicyclic amines) is 2. The molecule has 25 heteroatoms. The van der Waals surface area contributed by atoms with Crippen LogP contribution >= 0.6 is 0 Å². The zero-order chi connectivity index (χ0) is 57.8. The Morgan fingerprint density at radius 1 is 0.615 bits per heavy atom. The molecule has 0 unspecified atom stereocenters. The molecule has 23 nitrogen and oxygen atoms in total. The molecule has 2 aliphatic heterocycles. The number of piperidine rings is 2. The third kappa shape index (κ3) is 15.1. The molecule has 0 bridgehead atoms. The predicted molar refractivity (Wildman–Crippen MR) is 297 cm³/mol. The molecule has 0 radical (unpaired) electrons. The van der Waals surface area contributed by atoms with E-state index in [1.165, 1.54) is 26.0 Å². The summed E-state index contributed by atoms with van der Waals surface area (Å²) in [4.78, 5) is 73.5. The van der Waals surface area contributed by atoms with Crippen molar-refractivity contribution in [2.75, 3.05) is 45.7 Å². The highest BCUT2D eigenvalue weighted by Crippen LogP contribution is 2.36. The number of rotatable bonds is 10. The molecule has 420 valence electrons. The average molecular weight is 1120 g/mol. The fourth-order valence-corrected chi connectivity index (χ4v) is 10.2. The molecule has 4 aromatic heterocycles. The summed E-state index contributed by atoms with van der Waals surface area (Å²) in [5.41, 5.74) is 7.59. The molecule has 0 saturated carbocycles. The smallest absolute Gasteiger partial charge is 0.410 e. The molecule has 78 heavy (non-hydrogen) atoms. The van der Waals surface area contributed by atoms with Gasteiger partial charge in [-0.1, -0.05) is 23.3 Å². The minimum absolute atomic E-state index is 0.0552. The minimum atomic E-state index is -3.56. The first-order valence-corrected chi connectivity index (χ1v) is 29.1. The van der Waals surface area contributed by atoms with E-state index in [1.54, 1.807) is 50.0 Å². The van der Waals surface area contributed by atoms with Crippen molar-refractivity contribution in [1.29, 1.82) is 0 Å². The van der Waals surface area contributed by atoms with Gasteiger partial charge in [-0.2, -0.15) is 19.2 Å². The van der Waals surface area contributed by atoms with E-state index in [-0.39, 0.29) is 52.8 Å². The maximum absolute atomic E-state index is 13.8. The van der Waals surface area contributed by atoms with Crippen LogP contribution in [0.4, 0.5) is 27.8 Å². The number of ether oxygens (including phenoxy) is 1. The summed E-state index contributed by atoms with van der Waals surface area (Å²) in [7, 11) is -7.02. The monoisotopic (exact) mass is 1110 g/mol. The van der Waals surface area contributed by atoms with E-state index in [4.69, 9.17) is 20.0 Å². The highest BCUT2D eigenvalue weighted by atomic mass is 32.2. The normalized spacial score (nSPS) is 15.8. The zero-order valence-corrected chi connectivity index (χ0v) is 48.0. The van der Waals surface area contributed by atoms with Crippen molar-refractivity contribution in [3.05, 3.63) is 105 Å². The molecular weight excluding hydrogens is 1040 g/mol. The highest BCUT2D eigenvalue weighted by molar-refractivity contribution is 7.92. The number of aromatic nitrogens is 6. The van der Waals surface area contributed by atoms with Crippen molar-refractivity contribution in [2.24, 2.45) is 0 Å². The fourth-order valence-electron chi connectivity index (χ4n) is 9.05. The highest BCUT2D eigenvalue weighted by Gasteiger charge is 2.35. The van der Waals surface area contributed by atoms with Crippen LogP contribution in [0, 0.1) is 41.5 Å². The lowest BCUT2D eigenvalue weighted by Crippen LogP contribution is -2.42. The number of hydrogen-bond donors (Lipinski definition) is 5. The van der Waals surface area contributed by atoms with Crippen LogP contribution in [0.2, 0.25) is 0 Å². The molecule has 6 heterocycles. The van der Waals surface area contributed by atoms with Crippen molar-refractivity contribution >= 4 is 84.1 Å². The first kappa shape index (κ1) is 59.6. The van der Waals surface area contributed by atoms with Gasteiger partial charge in [0.2, 0.25) is 31.9 Å². The third-order valence-electron chi connectivity index (χ3n) is 12.8. The summed E-state index contributed by atoms with van der Waals surface area (Å²) in [5.74, 6) is -0.634. The second-order valence-corrected chi connectivity index (χ2v) is 24.2.